The van der Waals surface area contributed by atoms with Gasteiger partial charge in [0.2, 0.25) is 0 Å². The molecule has 25 heavy (non-hydrogen) atoms. The van der Waals surface area contributed by atoms with Crippen molar-refractivity contribution in [1.82, 2.24) is 0 Å². The van der Waals surface area contributed by atoms with Crippen LogP contribution < -0.4 is 4.74 Å². The van der Waals surface area contributed by atoms with E-state index in [0.717, 1.165) is 0 Å². The van der Waals surface area contributed by atoms with Gasteiger partial charge in [-0.2, -0.15) is 0 Å². The molecule has 0 atom stereocenters. The second-order valence-electron chi connectivity index (χ2n) is 4.97. The molecule has 7 heteroatoms. The number of ether oxygens (including phenoxy) is 1. The Hall–Kier alpha value is -1.72. The SMILES string of the molecule is O=C(/C=C/c1ccc(COc2cc(Cl)ccc2Cl)o1)c1ccc(Cl)s1. The fourth-order valence-corrected chi connectivity index (χ4v) is 3.28. The number of benzene rings is 1. The minimum absolute atomic E-state index is 0.128. The highest BCUT2D eigenvalue weighted by Gasteiger charge is 2.07. The Morgan fingerprint density at radius 2 is 1.96 bits per heavy atom. The van der Waals surface area contributed by atoms with E-state index in [1.165, 1.54) is 17.4 Å². The Bertz CT molecular complexity index is 927. The fraction of sp³-hybridized carbons (Fsp3) is 0.0556. The van der Waals surface area contributed by atoms with Crippen molar-refractivity contribution in [1.29, 1.82) is 0 Å². The highest BCUT2D eigenvalue weighted by Crippen LogP contribution is 2.28. The van der Waals surface area contributed by atoms with Crippen LogP contribution in [0, 0.1) is 0 Å². The van der Waals surface area contributed by atoms with Gasteiger partial charge in [0.15, 0.2) is 5.78 Å². The number of carbonyl (C=O) groups excluding carboxylic acids is 1. The van der Waals surface area contributed by atoms with Crippen molar-refractivity contribution in [3.63, 3.8) is 0 Å². The molecule has 0 aliphatic carbocycles. The van der Waals surface area contributed by atoms with Gasteiger partial charge in [0.05, 0.1) is 14.2 Å². The van der Waals surface area contributed by atoms with Gasteiger partial charge in [0.25, 0.3) is 0 Å². The van der Waals surface area contributed by atoms with E-state index in [2.05, 4.69) is 0 Å². The predicted octanol–water partition coefficient (Wildman–Crippen LogP) is 6.78. The minimum atomic E-state index is -0.128. The first-order valence-electron chi connectivity index (χ1n) is 7.15. The van der Waals surface area contributed by atoms with Crippen LogP contribution >= 0.6 is 46.1 Å². The highest BCUT2D eigenvalue weighted by molar-refractivity contribution is 7.18. The van der Waals surface area contributed by atoms with E-state index >= 15 is 0 Å². The number of carbonyl (C=O) groups is 1. The van der Waals surface area contributed by atoms with Crippen molar-refractivity contribution >= 4 is 58.0 Å². The summed E-state index contributed by atoms with van der Waals surface area (Å²) in [6, 6.07) is 11.9. The topological polar surface area (TPSA) is 39.4 Å². The van der Waals surface area contributed by atoms with Crippen LogP contribution in [0.15, 0.2) is 53.0 Å². The molecular weight excluding hydrogens is 403 g/mol. The molecule has 0 amide bonds. The van der Waals surface area contributed by atoms with Gasteiger partial charge >= 0.3 is 0 Å². The molecule has 0 bridgehead atoms. The molecule has 0 saturated heterocycles. The Morgan fingerprint density at radius 3 is 2.72 bits per heavy atom. The monoisotopic (exact) mass is 412 g/mol. The summed E-state index contributed by atoms with van der Waals surface area (Å²) in [5.41, 5.74) is 0. The zero-order valence-corrected chi connectivity index (χ0v) is 15.8. The number of halogens is 3. The van der Waals surface area contributed by atoms with Gasteiger partial charge in [-0.15, -0.1) is 11.3 Å². The molecule has 0 aliphatic rings. The van der Waals surface area contributed by atoms with Crippen molar-refractivity contribution in [2.75, 3.05) is 0 Å². The van der Waals surface area contributed by atoms with Crippen LogP contribution in [0.5, 0.6) is 5.75 Å². The van der Waals surface area contributed by atoms with E-state index in [4.69, 9.17) is 44.0 Å². The summed E-state index contributed by atoms with van der Waals surface area (Å²) in [4.78, 5) is 12.6. The number of allylic oxidation sites excluding steroid dienone is 1. The number of thiophene rings is 1. The zero-order chi connectivity index (χ0) is 17.8. The first-order chi connectivity index (χ1) is 12.0. The smallest absolute Gasteiger partial charge is 0.195 e. The minimum Gasteiger partial charge on any atom is -0.484 e. The van der Waals surface area contributed by atoms with E-state index in [1.807, 2.05) is 0 Å². The van der Waals surface area contributed by atoms with Crippen LogP contribution in [0.4, 0.5) is 0 Å². The summed E-state index contributed by atoms with van der Waals surface area (Å²) >= 11 is 19.0. The molecule has 128 valence electrons. The number of ketones is 1. The molecule has 0 aliphatic heterocycles. The normalized spacial score (nSPS) is 11.2. The Labute approximate surface area is 163 Å². The van der Waals surface area contributed by atoms with Gasteiger partial charge in [0.1, 0.15) is 23.9 Å². The molecule has 0 saturated carbocycles. The lowest BCUT2D eigenvalue weighted by Crippen LogP contribution is -1.94. The standard InChI is InChI=1S/C18H11Cl3O3S/c19-11-1-5-14(20)16(9-11)23-10-13-3-2-12(24-13)4-6-15(22)17-7-8-18(21)25-17/h1-9H,10H2/b6-4+. The first kappa shape index (κ1) is 18.1. The van der Waals surface area contributed by atoms with E-state index in [1.54, 1.807) is 48.5 Å². The van der Waals surface area contributed by atoms with E-state index in [0.29, 0.717) is 36.5 Å². The van der Waals surface area contributed by atoms with Gasteiger partial charge in [-0.1, -0.05) is 34.8 Å². The maximum Gasteiger partial charge on any atom is 0.195 e. The van der Waals surface area contributed by atoms with Crippen molar-refractivity contribution < 1.29 is 13.9 Å². The fourth-order valence-electron chi connectivity index (χ4n) is 1.99. The van der Waals surface area contributed by atoms with Crippen LogP contribution in [0.3, 0.4) is 0 Å². The highest BCUT2D eigenvalue weighted by atomic mass is 35.5. The summed E-state index contributed by atoms with van der Waals surface area (Å²) in [5.74, 6) is 1.50. The quantitative estimate of drug-likeness (QED) is 0.330. The average molecular weight is 414 g/mol. The number of hydrogen-bond acceptors (Lipinski definition) is 4. The maximum atomic E-state index is 12.0. The predicted molar refractivity (Wildman–Crippen MR) is 102 cm³/mol. The van der Waals surface area contributed by atoms with Crippen molar-refractivity contribution in [3.05, 3.63) is 79.3 Å². The molecule has 3 rings (SSSR count). The number of furan rings is 1. The number of rotatable bonds is 6. The molecule has 0 spiro atoms. The summed E-state index contributed by atoms with van der Waals surface area (Å²) in [6.45, 7) is 0.197. The molecule has 0 unspecified atom stereocenters. The summed E-state index contributed by atoms with van der Waals surface area (Å²) in [7, 11) is 0. The lowest BCUT2D eigenvalue weighted by molar-refractivity contribution is 0.105. The van der Waals surface area contributed by atoms with Gasteiger partial charge < -0.3 is 9.15 Å². The van der Waals surface area contributed by atoms with E-state index in [-0.39, 0.29) is 12.4 Å². The molecule has 3 aromatic rings. The molecule has 0 fully saturated rings. The molecule has 0 radical (unpaired) electrons. The third-order valence-corrected chi connectivity index (χ3v) is 4.95. The second-order valence-corrected chi connectivity index (χ2v) is 7.53. The van der Waals surface area contributed by atoms with E-state index < -0.39 is 0 Å². The van der Waals surface area contributed by atoms with Crippen molar-refractivity contribution in [2.45, 2.75) is 6.61 Å². The van der Waals surface area contributed by atoms with Gasteiger partial charge in [-0.3, -0.25) is 4.79 Å². The van der Waals surface area contributed by atoms with Crippen LogP contribution in [0.2, 0.25) is 14.4 Å². The van der Waals surface area contributed by atoms with Crippen LogP contribution in [0.25, 0.3) is 6.08 Å². The largest absolute Gasteiger partial charge is 0.484 e. The van der Waals surface area contributed by atoms with Gasteiger partial charge in [0, 0.05) is 11.1 Å². The molecule has 3 nitrogen and oxygen atoms in total. The van der Waals surface area contributed by atoms with Crippen LogP contribution in [0.1, 0.15) is 21.2 Å². The summed E-state index contributed by atoms with van der Waals surface area (Å²) in [5, 5.41) is 1.01. The molecule has 2 aromatic heterocycles. The first-order valence-corrected chi connectivity index (χ1v) is 9.10. The average Bonchev–Trinajstić information content (AvgIpc) is 3.22. The Kier molecular flexibility index (Phi) is 5.86. The van der Waals surface area contributed by atoms with Crippen LogP contribution in [-0.2, 0) is 6.61 Å². The maximum absolute atomic E-state index is 12.0. The number of hydrogen-bond donors (Lipinski definition) is 0. The zero-order valence-electron chi connectivity index (χ0n) is 12.7. The second kappa shape index (κ2) is 8.11. The summed E-state index contributed by atoms with van der Waals surface area (Å²) < 4.78 is 11.8. The van der Waals surface area contributed by atoms with Gasteiger partial charge in [-0.05, 0) is 48.6 Å². The van der Waals surface area contributed by atoms with Crippen molar-refractivity contribution in [2.24, 2.45) is 0 Å². The Morgan fingerprint density at radius 1 is 1.12 bits per heavy atom. The van der Waals surface area contributed by atoms with E-state index in [9.17, 15) is 4.79 Å². The van der Waals surface area contributed by atoms with Crippen molar-refractivity contribution in [3.8, 4) is 5.75 Å². The third kappa shape index (κ3) is 4.89. The van der Waals surface area contributed by atoms with Crippen LogP contribution in [-0.4, -0.2) is 5.78 Å². The van der Waals surface area contributed by atoms with Gasteiger partial charge in [-0.25, -0.2) is 0 Å². The molecular formula is C18H11Cl3O3S. The molecule has 0 N–H and O–H groups in total. The third-order valence-electron chi connectivity index (χ3n) is 3.16. The molecule has 1 aromatic carbocycles. The summed E-state index contributed by atoms with van der Waals surface area (Å²) in [6.07, 6.45) is 3.05. The molecule has 2 heterocycles. The lowest BCUT2D eigenvalue weighted by Gasteiger charge is -2.06. The Balaban J connectivity index is 1.61. The lowest BCUT2D eigenvalue weighted by atomic mass is 10.3.